The van der Waals surface area contributed by atoms with Gasteiger partial charge in [0.05, 0.1) is 0 Å². The van der Waals surface area contributed by atoms with Crippen molar-refractivity contribution in [1.82, 2.24) is 0 Å². The second-order valence-corrected chi connectivity index (χ2v) is 22.4. The van der Waals surface area contributed by atoms with Crippen LogP contribution < -0.4 is 0 Å². The number of hydrogen-bond donors (Lipinski definition) is 0. The van der Waals surface area contributed by atoms with E-state index in [0.717, 1.165) is 77.0 Å². The van der Waals surface area contributed by atoms with E-state index in [1.807, 2.05) is 0 Å². The zero-order chi connectivity index (χ0) is 52.9. The summed E-state index contributed by atoms with van der Waals surface area (Å²) in [6.45, 7) is 6.62. The lowest BCUT2D eigenvalue weighted by molar-refractivity contribution is -0.167. The van der Waals surface area contributed by atoms with Crippen molar-refractivity contribution in [2.45, 2.75) is 374 Å². The Morgan fingerprint density at radius 2 is 0.479 bits per heavy atom. The molecule has 0 bridgehead atoms. The van der Waals surface area contributed by atoms with Gasteiger partial charge in [0.25, 0.3) is 0 Å². The van der Waals surface area contributed by atoms with E-state index in [9.17, 15) is 14.4 Å². The zero-order valence-corrected chi connectivity index (χ0v) is 49.4. The quantitative estimate of drug-likeness (QED) is 0.0261. The number of unbranched alkanes of at least 4 members (excludes halogenated alkanes) is 46. The van der Waals surface area contributed by atoms with E-state index in [-0.39, 0.29) is 31.1 Å². The number of rotatable bonds is 61. The third-order valence-corrected chi connectivity index (χ3v) is 14.9. The Morgan fingerprint density at radius 1 is 0.260 bits per heavy atom. The van der Waals surface area contributed by atoms with Crippen molar-refractivity contribution in [3.8, 4) is 0 Å². The Balaban J connectivity index is 4.09. The molecular formula is C67H126O6. The molecule has 0 spiro atoms. The van der Waals surface area contributed by atoms with Gasteiger partial charge in [0.2, 0.25) is 0 Å². The number of allylic oxidation sites excluding steroid dienone is 4. The molecule has 1 unspecified atom stereocenters. The molecule has 6 nitrogen and oxygen atoms in total. The van der Waals surface area contributed by atoms with Crippen LogP contribution in [0.25, 0.3) is 0 Å². The smallest absolute Gasteiger partial charge is 0.306 e. The van der Waals surface area contributed by atoms with Gasteiger partial charge < -0.3 is 14.2 Å². The van der Waals surface area contributed by atoms with Gasteiger partial charge in [0.15, 0.2) is 6.10 Å². The molecule has 0 aliphatic rings. The van der Waals surface area contributed by atoms with Gasteiger partial charge in [-0.1, -0.05) is 308 Å². The van der Waals surface area contributed by atoms with E-state index in [0.29, 0.717) is 19.3 Å². The van der Waals surface area contributed by atoms with Crippen molar-refractivity contribution in [2.24, 2.45) is 0 Å². The highest BCUT2D eigenvalue weighted by molar-refractivity contribution is 5.71. The van der Waals surface area contributed by atoms with Crippen LogP contribution >= 0.6 is 0 Å². The van der Waals surface area contributed by atoms with Gasteiger partial charge in [-0.3, -0.25) is 14.4 Å². The Morgan fingerprint density at radius 3 is 0.740 bits per heavy atom. The predicted octanol–water partition coefficient (Wildman–Crippen LogP) is 22.2. The maximum absolute atomic E-state index is 12.9. The molecule has 73 heavy (non-hydrogen) atoms. The minimum absolute atomic E-state index is 0.0728. The summed E-state index contributed by atoms with van der Waals surface area (Å²) in [6.07, 6.45) is 75.0. The third-order valence-electron chi connectivity index (χ3n) is 14.9. The minimum atomic E-state index is -0.775. The Labute approximate surface area is 455 Å². The van der Waals surface area contributed by atoms with E-state index >= 15 is 0 Å². The van der Waals surface area contributed by atoms with Crippen molar-refractivity contribution in [3.63, 3.8) is 0 Å². The zero-order valence-electron chi connectivity index (χ0n) is 49.4. The normalized spacial score (nSPS) is 12.1. The van der Waals surface area contributed by atoms with Gasteiger partial charge in [0.1, 0.15) is 13.2 Å². The van der Waals surface area contributed by atoms with Crippen LogP contribution in [0.5, 0.6) is 0 Å². The second kappa shape index (κ2) is 62.4. The van der Waals surface area contributed by atoms with Gasteiger partial charge in [-0.25, -0.2) is 0 Å². The first-order valence-electron chi connectivity index (χ1n) is 32.8. The average Bonchev–Trinajstić information content (AvgIpc) is 3.39. The van der Waals surface area contributed by atoms with Crippen LogP contribution in [0, 0.1) is 0 Å². The first-order chi connectivity index (χ1) is 36.0. The number of hydrogen-bond acceptors (Lipinski definition) is 6. The molecule has 0 aromatic carbocycles. The molecule has 0 aliphatic heterocycles. The third kappa shape index (κ3) is 60.6. The van der Waals surface area contributed by atoms with Crippen LogP contribution in [0.3, 0.4) is 0 Å². The van der Waals surface area contributed by atoms with Crippen molar-refractivity contribution < 1.29 is 28.6 Å². The van der Waals surface area contributed by atoms with Crippen molar-refractivity contribution >= 4 is 17.9 Å². The molecule has 0 aromatic rings. The lowest BCUT2D eigenvalue weighted by Crippen LogP contribution is -2.30. The lowest BCUT2D eigenvalue weighted by Gasteiger charge is -2.18. The fourth-order valence-corrected chi connectivity index (χ4v) is 9.97. The van der Waals surface area contributed by atoms with Crippen LogP contribution in [0.4, 0.5) is 0 Å². The highest BCUT2D eigenvalue weighted by atomic mass is 16.6. The topological polar surface area (TPSA) is 78.9 Å². The monoisotopic (exact) mass is 1030 g/mol. The SMILES string of the molecule is CCC/C=C\CCCCCCCC(=O)OCC(COC(=O)CCCCCCCCCCCCCCCCCCCCCCCCCCCCCCC)OC(=O)CCCCCCC/C=C\CCCCCCCCC. The molecule has 0 rings (SSSR count). The fraction of sp³-hybridized carbons (Fsp3) is 0.896. The molecule has 0 heterocycles. The largest absolute Gasteiger partial charge is 0.462 e. The van der Waals surface area contributed by atoms with Crippen LogP contribution in [-0.2, 0) is 28.6 Å². The summed E-state index contributed by atoms with van der Waals surface area (Å²) in [5, 5.41) is 0. The molecule has 0 aromatic heterocycles. The molecule has 0 amide bonds. The maximum Gasteiger partial charge on any atom is 0.306 e. The second-order valence-electron chi connectivity index (χ2n) is 22.4. The highest BCUT2D eigenvalue weighted by Crippen LogP contribution is 2.18. The van der Waals surface area contributed by atoms with Gasteiger partial charge in [0, 0.05) is 19.3 Å². The molecule has 1 atom stereocenters. The van der Waals surface area contributed by atoms with E-state index < -0.39 is 6.10 Å². The van der Waals surface area contributed by atoms with Crippen molar-refractivity contribution in [1.29, 1.82) is 0 Å². The van der Waals surface area contributed by atoms with E-state index in [4.69, 9.17) is 14.2 Å². The Kier molecular flexibility index (Phi) is 60.6. The summed E-state index contributed by atoms with van der Waals surface area (Å²) in [5.41, 5.74) is 0. The first-order valence-corrected chi connectivity index (χ1v) is 32.8. The van der Waals surface area contributed by atoms with Crippen molar-refractivity contribution in [3.05, 3.63) is 24.3 Å². The summed E-state index contributed by atoms with van der Waals surface area (Å²) in [4.78, 5) is 38.2. The van der Waals surface area contributed by atoms with Crippen LogP contribution in [0.15, 0.2) is 24.3 Å². The van der Waals surface area contributed by atoms with Gasteiger partial charge >= 0.3 is 17.9 Å². The lowest BCUT2D eigenvalue weighted by atomic mass is 10.0. The summed E-state index contributed by atoms with van der Waals surface area (Å²) in [6, 6.07) is 0. The summed E-state index contributed by atoms with van der Waals surface area (Å²) in [5.74, 6) is -0.870. The number of ether oxygens (including phenoxy) is 3. The molecule has 0 radical (unpaired) electrons. The van der Waals surface area contributed by atoms with E-state index in [1.165, 1.54) is 250 Å². The summed E-state index contributed by atoms with van der Waals surface area (Å²) in [7, 11) is 0. The Bertz CT molecular complexity index is 1180. The van der Waals surface area contributed by atoms with Crippen molar-refractivity contribution in [2.75, 3.05) is 13.2 Å². The Hall–Kier alpha value is -2.11. The first kappa shape index (κ1) is 70.9. The van der Waals surface area contributed by atoms with Gasteiger partial charge in [-0.05, 0) is 64.2 Å². The van der Waals surface area contributed by atoms with Gasteiger partial charge in [-0.15, -0.1) is 0 Å². The molecule has 0 saturated heterocycles. The molecular weight excluding hydrogens is 901 g/mol. The molecule has 0 fully saturated rings. The summed E-state index contributed by atoms with van der Waals surface area (Å²) >= 11 is 0. The fourth-order valence-electron chi connectivity index (χ4n) is 9.97. The molecule has 0 aliphatic carbocycles. The molecule has 0 N–H and O–H groups in total. The van der Waals surface area contributed by atoms with E-state index in [1.54, 1.807) is 0 Å². The van der Waals surface area contributed by atoms with E-state index in [2.05, 4.69) is 45.1 Å². The minimum Gasteiger partial charge on any atom is -0.462 e. The highest BCUT2D eigenvalue weighted by Gasteiger charge is 2.19. The summed E-state index contributed by atoms with van der Waals surface area (Å²) < 4.78 is 16.9. The maximum atomic E-state index is 12.9. The van der Waals surface area contributed by atoms with Gasteiger partial charge in [-0.2, -0.15) is 0 Å². The predicted molar refractivity (Wildman–Crippen MR) is 316 cm³/mol. The molecule has 430 valence electrons. The number of esters is 3. The molecule has 0 saturated carbocycles. The van der Waals surface area contributed by atoms with Crippen LogP contribution in [-0.4, -0.2) is 37.2 Å². The number of carbonyl (C=O) groups is 3. The average molecular weight is 1030 g/mol. The number of carbonyl (C=O) groups excluding carboxylic acids is 3. The van der Waals surface area contributed by atoms with Crippen LogP contribution in [0.2, 0.25) is 0 Å². The molecule has 6 heteroatoms. The standard InChI is InChI=1S/C67H126O6/c1-4-7-10-13-16-19-22-24-26-28-29-30-31-32-33-34-35-36-37-38-39-40-42-43-45-48-51-54-57-60-66(69)72-63-64(62-71-65(68)59-56-53-50-47-21-18-15-12-9-6-3)73-67(70)61-58-55-52-49-46-44-41-27-25-23-20-17-14-11-8-5-2/h12,15,27,41,64H,4-11,13-14,16-26,28-40,42-63H2,1-3H3/b15-12-,41-27-. The van der Waals surface area contributed by atoms with Crippen LogP contribution in [0.1, 0.15) is 367 Å².